The molecule has 1 aromatic carbocycles. The first-order chi connectivity index (χ1) is 18.2. The third-order valence-electron chi connectivity index (χ3n) is 7.14. The number of carbonyl (C=O) groups excluding carboxylic acids is 3. The predicted molar refractivity (Wildman–Crippen MR) is 150 cm³/mol. The molecule has 39 heavy (non-hydrogen) atoms. The summed E-state index contributed by atoms with van der Waals surface area (Å²) in [5.41, 5.74) is 6.29. The lowest BCUT2D eigenvalue weighted by molar-refractivity contribution is -0.139. The number of guanidine groups is 1. The first-order valence-corrected chi connectivity index (χ1v) is 15.4. The van der Waals surface area contributed by atoms with Crippen molar-refractivity contribution in [3.63, 3.8) is 0 Å². The van der Waals surface area contributed by atoms with Crippen molar-refractivity contribution >= 4 is 33.7 Å². The van der Waals surface area contributed by atoms with Gasteiger partial charge in [0.15, 0.2) is 5.96 Å². The number of piperidine rings is 1. The van der Waals surface area contributed by atoms with Crippen molar-refractivity contribution in [3.8, 4) is 0 Å². The summed E-state index contributed by atoms with van der Waals surface area (Å²) in [6.07, 6.45) is 3.99. The summed E-state index contributed by atoms with van der Waals surface area (Å²) in [5.74, 6) is -0.416. The monoisotopic (exact) mass is 562 g/mol. The number of nitrogens with two attached hydrogens (primary N) is 1. The average molecular weight is 563 g/mol. The van der Waals surface area contributed by atoms with E-state index in [1.54, 1.807) is 20.8 Å². The van der Waals surface area contributed by atoms with Gasteiger partial charge in [0.2, 0.25) is 21.8 Å². The maximum absolute atomic E-state index is 13.5. The summed E-state index contributed by atoms with van der Waals surface area (Å²) < 4.78 is 26.5. The minimum Gasteiger partial charge on any atom is -0.369 e. The number of sulfonamides is 1. The Labute approximate surface area is 231 Å². The highest BCUT2D eigenvalue weighted by atomic mass is 32.2. The van der Waals surface area contributed by atoms with Crippen LogP contribution in [0.2, 0.25) is 0 Å². The van der Waals surface area contributed by atoms with Gasteiger partial charge in [-0.3, -0.25) is 14.4 Å². The van der Waals surface area contributed by atoms with Crippen molar-refractivity contribution in [3.05, 3.63) is 35.9 Å². The molecule has 2 aliphatic rings. The van der Waals surface area contributed by atoms with Crippen molar-refractivity contribution in [2.24, 2.45) is 22.1 Å². The molecule has 0 aromatic heterocycles. The van der Waals surface area contributed by atoms with Crippen molar-refractivity contribution in [2.45, 2.75) is 65.0 Å². The van der Waals surface area contributed by atoms with E-state index in [9.17, 15) is 22.8 Å². The second kappa shape index (κ2) is 12.9. The standard InChI is InChI=1S/C27H42N6O5S/c1-27(2,3)25(36)30-26(28)32-15-12-20(13-16-32)18-29-23(34)22-11-8-14-33(22)24(35)21(31-39(4,37)38)17-19-9-6-5-7-10-19/h5-7,9-10,20-22,31H,8,11-18H2,1-4H3,(H,29,34)(H2,28,30,36)/t21-,22+/m1/s1. The van der Waals surface area contributed by atoms with Crippen LogP contribution in [0.15, 0.2) is 35.3 Å². The maximum atomic E-state index is 13.5. The fourth-order valence-electron chi connectivity index (χ4n) is 4.86. The van der Waals surface area contributed by atoms with E-state index in [-0.39, 0.29) is 30.1 Å². The zero-order valence-corrected chi connectivity index (χ0v) is 24.2. The molecule has 11 nitrogen and oxygen atoms in total. The van der Waals surface area contributed by atoms with Crippen molar-refractivity contribution in [2.75, 3.05) is 32.4 Å². The van der Waals surface area contributed by atoms with E-state index < -0.39 is 33.4 Å². The number of rotatable bonds is 8. The van der Waals surface area contributed by atoms with Crippen molar-refractivity contribution < 1.29 is 22.8 Å². The lowest BCUT2D eigenvalue weighted by atomic mass is 9.96. The molecule has 2 saturated heterocycles. The van der Waals surface area contributed by atoms with Gasteiger partial charge in [-0.15, -0.1) is 0 Å². The van der Waals surface area contributed by atoms with E-state index in [0.717, 1.165) is 24.7 Å². The highest BCUT2D eigenvalue weighted by molar-refractivity contribution is 7.88. The van der Waals surface area contributed by atoms with Gasteiger partial charge in [0.05, 0.1) is 6.26 Å². The first kappa shape index (κ1) is 30.6. The van der Waals surface area contributed by atoms with Crippen LogP contribution in [0.3, 0.4) is 0 Å². The number of benzene rings is 1. The van der Waals surface area contributed by atoms with Crippen LogP contribution in [0.5, 0.6) is 0 Å². The average Bonchev–Trinajstić information content (AvgIpc) is 3.36. The molecule has 0 saturated carbocycles. The Balaban J connectivity index is 1.55. The smallest absolute Gasteiger partial charge is 0.254 e. The van der Waals surface area contributed by atoms with Gasteiger partial charge in [-0.2, -0.15) is 4.99 Å². The summed E-state index contributed by atoms with van der Waals surface area (Å²) in [7, 11) is -3.64. The fraction of sp³-hybridized carbons (Fsp3) is 0.630. The van der Waals surface area contributed by atoms with Crippen LogP contribution in [0.4, 0.5) is 0 Å². The largest absolute Gasteiger partial charge is 0.369 e. The third-order valence-corrected chi connectivity index (χ3v) is 7.85. The molecule has 0 bridgehead atoms. The van der Waals surface area contributed by atoms with Crippen LogP contribution in [0.1, 0.15) is 52.0 Å². The van der Waals surface area contributed by atoms with Crippen LogP contribution >= 0.6 is 0 Å². The number of aliphatic imine (C=N–C) groups is 1. The van der Waals surface area contributed by atoms with Gasteiger partial charge in [-0.1, -0.05) is 51.1 Å². The van der Waals surface area contributed by atoms with Crippen LogP contribution in [-0.2, 0) is 30.8 Å². The SMILES string of the molecule is CC(C)(C)C(=O)/N=C(/N)N1CCC(CNC(=O)[C@@H]2CCCN2C(=O)[C@@H](Cc2ccccc2)NS(C)(=O)=O)CC1. The lowest BCUT2D eigenvalue weighted by Gasteiger charge is -2.33. The number of carbonyl (C=O) groups is 3. The summed E-state index contributed by atoms with van der Waals surface area (Å²) in [4.78, 5) is 46.2. The predicted octanol–water partition coefficient (Wildman–Crippen LogP) is 0.854. The lowest BCUT2D eigenvalue weighted by Crippen LogP contribution is -2.54. The molecule has 2 aliphatic heterocycles. The van der Waals surface area contributed by atoms with Gasteiger partial charge in [-0.05, 0) is 43.6 Å². The molecular formula is C27H42N6O5S. The Hall–Kier alpha value is -2.99. The molecule has 0 aliphatic carbocycles. The molecular weight excluding hydrogens is 520 g/mol. The normalized spacial score (nSPS) is 20.1. The number of hydrogen-bond acceptors (Lipinski definition) is 5. The second-order valence-electron chi connectivity index (χ2n) is 11.5. The zero-order chi connectivity index (χ0) is 28.8. The van der Waals surface area contributed by atoms with Crippen LogP contribution in [0, 0.1) is 11.3 Å². The molecule has 4 N–H and O–H groups in total. The van der Waals surface area contributed by atoms with Gasteiger partial charge < -0.3 is 20.9 Å². The molecule has 216 valence electrons. The number of hydrogen-bond donors (Lipinski definition) is 3. The van der Waals surface area contributed by atoms with E-state index in [1.807, 2.05) is 35.2 Å². The topological polar surface area (TPSA) is 154 Å². The summed E-state index contributed by atoms with van der Waals surface area (Å²) in [5, 5.41) is 3.01. The molecule has 0 radical (unpaired) electrons. The van der Waals surface area contributed by atoms with E-state index in [0.29, 0.717) is 39.0 Å². The van der Waals surface area contributed by atoms with Gasteiger partial charge >= 0.3 is 0 Å². The molecule has 1 aromatic rings. The van der Waals surface area contributed by atoms with Crippen LogP contribution < -0.4 is 15.8 Å². The Morgan fingerprint density at radius 2 is 1.72 bits per heavy atom. The van der Waals surface area contributed by atoms with E-state index >= 15 is 0 Å². The highest BCUT2D eigenvalue weighted by Crippen LogP contribution is 2.22. The van der Waals surface area contributed by atoms with Crippen molar-refractivity contribution in [1.29, 1.82) is 0 Å². The van der Waals surface area contributed by atoms with Gasteiger partial charge in [0.1, 0.15) is 12.1 Å². The zero-order valence-electron chi connectivity index (χ0n) is 23.4. The fourth-order valence-corrected chi connectivity index (χ4v) is 5.56. The molecule has 12 heteroatoms. The Kier molecular flexibility index (Phi) is 10.1. The molecule has 2 fully saturated rings. The third kappa shape index (κ3) is 9.03. The number of likely N-dealkylation sites (tertiary alicyclic amines) is 2. The van der Waals surface area contributed by atoms with Gasteiger partial charge in [-0.25, -0.2) is 13.1 Å². The van der Waals surface area contributed by atoms with Gasteiger partial charge in [0, 0.05) is 31.6 Å². The Bertz CT molecular complexity index is 1160. The summed E-state index contributed by atoms with van der Waals surface area (Å²) in [6.45, 7) is 7.54. The molecule has 3 rings (SSSR count). The van der Waals surface area contributed by atoms with Gasteiger partial charge in [0.25, 0.3) is 5.91 Å². The second-order valence-corrected chi connectivity index (χ2v) is 13.3. The van der Waals surface area contributed by atoms with Crippen molar-refractivity contribution in [1.82, 2.24) is 19.8 Å². The Morgan fingerprint density at radius 1 is 1.08 bits per heavy atom. The van der Waals surface area contributed by atoms with Crippen LogP contribution in [-0.4, -0.2) is 86.4 Å². The minimum atomic E-state index is -3.64. The first-order valence-electron chi connectivity index (χ1n) is 13.5. The number of nitrogens with one attached hydrogen (secondary N) is 2. The Morgan fingerprint density at radius 3 is 2.31 bits per heavy atom. The molecule has 2 atom stereocenters. The highest BCUT2D eigenvalue weighted by Gasteiger charge is 2.38. The molecule has 0 spiro atoms. The maximum Gasteiger partial charge on any atom is 0.254 e. The van der Waals surface area contributed by atoms with E-state index in [4.69, 9.17) is 5.73 Å². The summed E-state index contributed by atoms with van der Waals surface area (Å²) in [6, 6.07) is 7.57. The van der Waals surface area contributed by atoms with Crippen LogP contribution in [0.25, 0.3) is 0 Å². The molecule has 2 heterocycles. The van der Waals surface area contributed by atoms with E-state index in [2.05, 4.69) is 15.0 Å². The minimum absolute atomic E-state index is 0.198. The number of nitrogens with zero attached hydrogens (tertiary/aromatic N) is 3. The van der Waals surface area contributed by atoms with E-state index in [1.165, 1.54) is 4.90 Å². The molecule has 0 unspecified atom stereocenters. The number of amides is 3. The summed E-state index contributed by atoms with van der Waals surface area (Å²) >= 11 is 0. The molecule has 3 amide bonds. The quantitative estimate of drug-likeness (QED) is 0.314.